The van der Waals surface area contributed by atoms with Crippen molar-refractivity contribution in [1.29, 1.82) is 0 Å². The van der Waals surface area contributed by atoms with Crippen LogP contribution in [0.25, 0.3) is 6.08 Å². The van der Waals surface area contributed by atoms with Gasteiger partial charge in [0.05, 0.1) is 19.1 Å². The highest BCUT2D eigenvalue weighted by Gasteiger charge is 2.34. The van der Waals surface area contributed by atoms with Crippen molar-refractivity contribution in [2.45, 2.75) is 19.3 Å². The molecule has 2 aromatic carbocycles. The molecule has 0 saturated carbocycles. The number of amides is 3. The van der Waals surface area contributed by atoms with Crippen molar-refractivity contribution in [2.75, 3.05) is 27.3 Å². The number of benzene rings is 2. The first kappa shape index (κ1) is 23.4. The van der Waals surface area contributed by atoms with E-state index in [1.165, 1.54) is 7.11 Å². The molecule has 0 spiro atoms. The highest BCUT2D eigenvalue weighted by molar-refractivity contribution is 8.18. The van der Waals surface area contributed by atoms with Crippen LogP contribution in [0.4, 0.5) is 4.79 Å². The number of nitrogens with zero attached hydrogens (tertiary/aromatic N) is 1. The summed E-state index contributed by atoms with van der Waals surface area (Å²) in [4.78, 5) is 38.7. The number of thioether (sulfide) groups is 1. The van der Waals surface area contributed by atoms with Crippen LogP contribution in [0, 0.1) is 0 Å². The van der Waals surface area contributed by atoms with Crippen LogP contribution < -0.4 is 14.8 Å². The van der Waals surface area contributed by atoms with Gasteiger partial charge in [-0.1, -0.05) is 43.3 Å². The number of ether oxygens (including phenoxy) is 2. The number of nitrogens with one attached hydrogen (secondary N) is 1. The van der Waals surface area contributed by atoms with Gasteiger partial charge in [0.25, 0.3) is 11.1 Å². The first-order chi connectivity index (χ1) is 15.4. The minimum atomic E-state index is -0.373. The number of hydrogen-bond donors (Lipinski definition) is 1. The SMILES string of the molecule is COc1ccc(C=C2SC(=O)N(CCNC(=O)CC(C)c3ccccc3)C2=O)cc1OC. The van der Waals surface area contributed by atoms with Crippen molar-refractivity contribution < 1.29 is 23.9 Å². The van der Waals surface area contributed by atoms with E-state index in [1.807, 2.05) is 37.3 Å². The van der Waals surface area contributed by atoms with E-state index in [0.29, 0.717) is 22.8 Å². The molecule has 1 N–H and O–H groups in total. The summed E-state index contributed by atoms with van der Waals surface area (Å²) in [5.41, 5.74) is 1.81. The monoisotopic (exact) mass is 454 g/mol. The van der Waals surface area contributed by atoms with E-state index in [2.05, 4.69) is 5.32 Å². The molecular weight excluding hydrogens is 428 g/mol. The number of rotatable bonds is 9. The molecule has 7 nitrogen and oxygen atoms in total. The number of methoxy groups -OCH3 is 2. The van der Waals surface area contributed by atoms with E-state index in [4.69, 9.17) is 9.47 Å². The molecule has 0 aliphatic carbocycles. The van der Waals surface area contributed by atoms with E-state index in [-0.39, 0.29) is 36.1 Å². The maximum atomic E-state index is 12.7. The van der Waals surface area contributed by atoms with Gasteiger partial charge in [-0.25, -0.2) is 0 Å². The Morgan fingerprint density at radius 1 is 1.09 bits per heavy atom. The van der Waals surface area contributed by atoms with Crippen molar-refractivity contribution in [3.05, 3.63) is 64.6 Å². The van der Waals surface area contributed by atoms with E-state index >= 15 is 0 Å². The summed E-state index contributed by atoms with van der Waals surface area (Å²) in [6.45, 7) is 2.33. The van der Waals surface area contributed by atoms with Gasteiger partial charge in [-0.2, -0.15) is 0 Å². The normalized spacial score (nSPS) is 15.7. The molecular formula is C24H26N2O5S. The van der Waals surface area contributed by atoms with Gasteiger partial charge in [0, 0.05) is 19.5 Å². The number of carbonyl (C=O) groups excluding carboxylic acids is 3. The van der Waals surface area contributed by atoms with Gasteiger partial charge in [0.15, 0.2) is 11.5 Å². The number of imide groups is 1. The predicted octanol–water partition coefficient (Wildman–Crippen LogP) is 4.05. The number of hydrogen-bond acceptors (Lipinski definition) is 6. The average molecular weight is 455 g/mol. The van der Waals surface area contributed by atoms with E-state index in [0.717, 1.165) is 27.8 Å². The lowest BCUT2D eigenvalue weighted by Gasteiger charge is -2.15. The van der Waals surface area contributed by atoms with E-state index < -0.39 is 0 Å². The standard InChI is InChI=1S/C24H26N2O5S/c1-16(18-7-5-4-6-8-18)13-22(27)25-11-12-26-23(28)21(32-24(26)29)15-17-9-10-19(30-2)20(14-17)31-3/h4-10,14-16H,11-13H2,1-3H3,(H,25,27). The van der Waals surface area contributed by atoms with Gasteiger partial charge in [0.1, 0.15) is 0 Å². The van der Waals surface area contributed by atoms with Gasteiger partial charge in [-0.15, -0.1) is 0 Å². The zero-order chi connectivity index (χ0) is 23.1. The molecule has 1 aliphatic rings. The molecule has 0 bridgehead atoms. The molecule has 2 aromatic rings. The van der Waals surface area contributed by atoms with Gasteiger partial charge in [-0.05, 0) is 47.0 Å². The fraction of sp³-hybridized carbons (Fsp3) is 0.292. The summed E-state index contributed by atoms with van der Waals surface area (Å²) in [7, 11) is 3.08. The summed E-state index contributed by atoms with van der Waals surface area (Å²) in [5, 5.41) is 2.45. The molecule has 0 radical (unpaired) electrons. The van der Waals surface area contributed by atoms with Crippen LogP contribution in [-0.2, 0) is 9.59 Å². The summed E-state index contributed by atoms with van der Waals surface area (Å²) < 4.78 is 10.5. The molecule has 0 aromatic heterocycles. The van der Waals surface area contributed by atoms with Crippen LogP contribution in [0.1, 0.15) is 30.4 Å². The minimum Gasteiger partial charge on any atom is -0.493 e. The third-order valence-electron chi connectivity index (χ3n) is 5.10. The molecule has 1 atom stereocenters. The molecule has 3 amide bonds. The highest BCUT2D eigenvalue weighted by atomic mass is 32.2. The first-order valence-electron chi connectivity index (χ1n) is 10.2. The Morgan fingerprint density at radius 2 is 1.81 bits per heavy atom. The summed E-state index contributed by atoms with van der Waals surface area (Å²) >= 11 is 0.881. The third kappa shape index (κ3) is 5.70. The second-order valence-electron chi connectivity index (χ2n) is 7.31. The fourth-order valence-electron chi connectivity index (χ4n) is 3.34. The van der Waals surface area contributed by atoms with Crippen molar-refractivity contribution in [3.8, 4) is 11.5 Å². The molecule has 3 rings (SSSR count). The van der Waals surface area contributed by atoms with Gasteiger partial charge in [0.2, 0.25) is 5.91 Å². The third-order valence-corrected chi connectivity index (χ3v) is 6.00. The Bertz CT molecular complexity index is 1020. The molecule has 32 heavy (non-hydrogen) atoms. The van der Waals surface area contributed by atoms with Gasteiger partial charge >= 0.3 is 0 Å². The molecule has 1 heterocycles. The van der Waals surface area contributed by atoms with Gasteiger partial charge in [-0.3, -0.25) is 19.3 Å². The maximum Gasteiger partial charge on any atom is 0.293 e. The molecule has 1 fully saturated rings. The summed E-state index contributed by atoms with van der Waals surface area (Å²) in [5.74, 6) is 0.705. The van der Waals surface area contributed by atoms with Crippen molar-refractivity contribution in [1.82, 2.24) is 10.2 Å². The number of carbonyl (C=O) groups is 3. The van der Waals surface area contributed by atoms with Crippen LogP contribution >= 0.6 is 11.8 Å². The molecule has 1 saturated heterocycles. The Labute approximate surface area is 191 Å². The van der Waals surface area contributed by atoms with Crippen LogP contribution in [0.3, 0.4) is 0 Å². The fourth-order valence-corrected chi connectivity index (χ4v) is 4.21. The predicted molar refractivity (Wildman–Crippen MR) is 125 cm³/mol. The Balaban J connectivity index is 1.55. The largest absolute Gasteiger partial charge is 0.493 e. The average Bonchev–Trinajstić information content (AvgIpc) is 3.06. The van der Waals surface area contributed by atoms with E-state index in [1.54, 1.807) is 31.4 Å². The van der Waals surface area contributed by atoms with E-state index in [9.17, 15) is 14.4 Å². The Hall–Kier alpha value is -3.26. The smallest absolute Gasteiger partial charge is 0.293 e. The lowest BCUT2D eigenvalue weighted by atomic mass is 9.98. The van der Waals surface area contributed by atoms with Crippen molar-refractivity contribution in [2.24, 2.45) is 0 Å². The van der Waals surface area contributed by atoms with Crippen LogP contribution in [0.2, 0.25) is 0 Å². The van der Waals surface area contributed by atoms with Crippen LogP contribution in [-0.4, -0.2) is 49.3 Å². The van der Waals surface area contributed by atoms with Gasteiger partial charge < -0.3 is 14.8 Å². The summed E-state index contributed by atoms with van der Waals surface area (Å²) in [6, 6.07) is 15.1. The molecule has 1 aliphatic heterocycles. The second kappa shape index (κ2) is 10.9. The maximum absolute atomic E-state index is 12.7. The molecule has 1 unspecified atom stereocenters. The zero-order valence-corrected chi connectivity index (χ0v) is 19.1. The minimum absolute atomic E-state index is 0.0813. The van der Waals surface area contributed by atoms with Crippen LogP contribution in [0.5, 0.6) is 11.5 Å². The lowest BCUT2D eigenvalue weighted by molar-refractivity contribution is -0.124. The molecule has 8 heteroatoms. The Kier molecular flexibility index (Phi) is 7.94. The quantitative estimate of drug-likeness (QED) is 0.576. The first-order valence-corrected chi connectivity index (χ1v) is 11.0. The van der Waals surface area contributed by atoms with Crippen molar-refractivity contribution >= 4 is 34.9 Å². The topological polar surface area (TPSA) is 84.9 Å². The Morgan fingerprint density at radius 3 is 2.50 bits per heavy atom. The second-order valence-corrected chi connectivity index (χ2v) is 8.31. The lowest BCUT2D eigenvalue weighted by Crippen LogP contribution is -2.37. The molecule has 168 valence electrons. The highest BCUT2D eigenvalue weighted by Crippen LogP contribution is 2.34. The summed E-state index contributed by atoms with van der Waals surface area (Å²) in [6.07, 6.45) is 1.98. The zero-order valence-electron chi connectivity index (χ0n) is 18.3. The van der Waals surface area contributed by atoms with Crippen molar-refractivity contribution in [3.63, 3.8) is 0 Å². The van der Waals surface area contributed by atoms with Crippen LogP contribution in [0.15, 0.2) is 53.4 Å².